The van der Waals surface area contributed by atoms with Gasteiger partial charge in [0.25, 0.3) is 11.8 Å². The van der Waals surface area contributed by atoms with Gasteiger partial charge in [-0.25, -0.2) is 4.98 Å². The van der Waals surface area contributed by atoms with Crippen molar-refractivity contribution >= 4 is 35.3 Å². The molecule has 1 aromatic rings. The number of hydrogen-bond donors (Lipinski definition) is 4. The number of ketones is 1. The molecule has 4 N–H and O–H groups in total. The van der Waals surface area contributed by atoms with Crippen molar-refractivity contribution in [1.82, 2.24) is 36.1 Å². The van der Waals surface area contributed by atoms with Gasteiger partial charge in [-0.15, -0.1) is 0 Å². The molecule has 3 fully saturated rings. The number of likely N-dealkylation sites (tertiary alicyclic amines) is 1. The number of rotatable bonds is 13. The Morgan fingerprint density at radius 1 is 0.979 bits per heavy atom. The first-order valence-corrected chi connectivity index (χ1v) is 17.1. The van der Waals surface area contributed by atoms with E-state index in [-0.39, 0.29) is 42.0 Å². The van der Waals surface area contributed by atoms with E-state index in [1.807, 2.05) is 13.0 Å². The van der Waals surface area contributed by atoms with Crippen molar-refractivity contribution in [2.75, 3.05) is 13.1 Å². The molecule has 13 heteroatoms. The van der Waals surface area contributed by atoms with Gasteiger partial charge in [0.1, 0.15) is 17.8 Å². The smallest absolute Gasteiger partial charge is 0.289 e. The van der Waals surface area contributed by atoms with Gasteiger partial charge >= 0.3 is 0 Å². The van der Waals surface area contributed by atoms with E-state index in [0.717, 1.165) is 44.9 Å². The van der Waals surface area contributed by atoms with E-state index < -0.39 is 53.4 Å². The van der Waals surface area contributed by atoms with Gasteiger partial charge in [-0.3, -0.25) is 33.8 Å². The van der Waals surface area contributed by atoms with Crippen LogP contribution in [0.3, 0.4) is 0 Å². The first-order valence-electron chi connectivity index (χ1n) is 17.1. The number of hydrogen-bond acceptors (Lipinski definition) is 8. The van der Waals surface area contributed by atoms with E-state index >= 15 is 0 Å². The molecule has 0 radical (unpaired) electrons. The molecule has 1 aliphatic heterocycles. The molecule has 0 bridgehead atoms. The second-order valence-corrected chi connectivity index (χ2v) is 13.5. The van der Waals surface area contributed by atoms with Gasteiger partial charge in [0.2, 0.25) is 23.5 Å². The predicted octanol–water partition coefficient (Wildman–Crippen LogP) is 1.44. The average molecular weight is 650 g/mol. The molecular formula is C34H47N7O6. The summed E-state index contributed by atoms with van der Waals surface area (Å²) in [5.41, 5.74) is 0.0957. The number of carbonyl (C=O) groups is 6. The van der Waals surface area contributed by atoms with Crippen LogP contribution in [0, 0.1) is 23.7 Å². The molecule has 2 heterocycles. The lowest BCUT2D eigenvalue weighted by molar-refractivity contribution is -0.143. The zero-order valence-corrected chi connectivity index (χ0v) is 27.3. The third-order valence-electron chi connectivity index (χ3n) is 10.1. The van der Waals surface area contributed by atoms with Crippen molar-refractivity contribution in [3.63, 3.8) is 0 Å². The molecule has 5 amide bonds. The topological polar surface area (TPSA) is 180 Å². The number of allylic oxidation sites excluding steroid dienone is 2. The van der Waals surface area contributed by atoms with Crippen LogP contribution in [0.5, 0.6) is 0 Å². The van der Waals surface area contributed by atoms with Crippen LogP contribution in [0.15, 0.2) is 30.7 Å². The minimum absolute atomic E-state index is 0.0110. The fourth-order valence-corrected chi connectivity index (χ4v) is 7.31. The van der Waals surface area contributed by atoms with Crippen LogP contribution >= 0.6 is 0 Å². The largest absolute Gasteiger partial charge is 0.347 e. The third kappa shape index (κ3) is 8.41. The molecule has 0 spiro atoms. The molecule has 3 aliphatic carbocycles. The second kappa shape index (κ2) is 15.6. The molecule has 2 saturated carbocycles. The van der Waals surface area contributed by atoms with Crippen LogP contribution < -0.4 is 21.3 Å². The summed E-state index contributed by atoms with van der Waals surface area (Å²) in [5, 5.41) is 11.1. The summed E-state index contributed by atoms with van der Waals surface area (Å²) >= 11 is 0. The maximum Gasteiger partial charge on any atom is 0.289 e. The number of fused-ring (bicyclic) bond motifs is 1. The Kier molecular flexibility index (Phi) is 11.4. The minimum atomic E-state index is -0.993. The lowest BCUT2D eigenvalue weighted by atomic mass is 9.76. The summed E-state index contributed by atoms with van der Waals surface area (Å²) in [6.07, 6.45) is 15.9. The molecule has 13 nitrogen and oxygen atoms in total. The normalized spacial score (nSPS) is 25.2. The SMILES string of the molecule is CCC[C@H](NC(=O)[C@@H]1[C@H]2CC=C[C@H](C)[C@H]2CN1C(=O)CNC(=O)[C@@H](NC(=O)c1cnccn1)C1CCCCC1)C(=O)C(=O)NC1CC1. The Hall–Kier alpha value is -4.16. The van der Waals surface area contributed by atoms with Crippen molar-refractivity contribution in [3.8, 4) is 0 Å². The zero-order valence-electron chi connectivity index (χ0n) is 27.3. The van der Waals surface area contributed by atoms with E-state index in [0.29, 0.717) is 25.8 Å². The Morgan fingerprint density at radius 3 is 2.43 bits per heavy atom. The maximum absolute atomic E-state index is 13.9. The Labute approximate surface area is 275 Å². The van der Waals surface area contributed by atoms with Gasteiger partial charge in [0.05, 0.1) is 18.8 Å². The van der Waals surface area contributed by atoms with Crippen LogP contribution in [0.2, 0.25) is 0 Å². The van der Waals surface area contributed by atoms with E-state index in [1.165, 1.54) is 23.5 Å². The number of nitrogens with one attached hydrogen (secondary N) is 4. The summed E-state index contributed by atoms with van der Waals surface area (Å²) in [5.74, 6) is -3.37. The first kappa shape index (κ1) is 34.2. The second-order valence-electron chi connectivity index (χ2n) is 13.5. The molecule has 1 saturated heterocycles. The lowest BCUT2D eigenvalue weighted by Crippen LogP contribution is -2.57. The highest BCUT2D eigenvalue weighted by Crippen LogP contribution is 2.41. The highest BCUT2D eigenvalue weighted by atomic mass is 16.2. The Morgan fingerprint density at radius 2 is 1.74 bits per heavy atom. The van der Waals surface area contributed by atoms with Crippen LogP contribution in [0.4, 0.5) is 0 Å². The molecule has 254 valence electrons. The fourth-order valence-electron chi connectivity index (χ4n) is 7.31. The highest BCUT2D eigenvalue weighted by molar-refractivity contribution is 6.38. The summed E-state index contributed by atoms with van der Waals surface area (Å²) in [7, 11) is 0. The molecule has 4 aliphatic rings. The summed E-state index contributed by atoms with van der Waals surface area (Å²) in [4.78, 5) is 89.4. The summed E-state index contributed by atoms with van der Waals surface area (Å²) in [6.45, 7) is 3.90. The van der Waals surface area contributed by atoms with Gasteiger partial charge in [-0.05, 0) is 62.2 Å². The highest BCUT2D eigenvalue weighted by Gasteiger charge is 2.50. The van der Waals surface area contributed by atoms with Crippen molar-refractivity contribution in [1.29, 1.82) is 0 Å². The van der Waals surface area contributed by atoms with Gasteiger partial charge in [-0.2, -0.15) is 0 Å². The number of aromatic nitrogens is 2. The standard InChI is InChI=1S/C34H47N7O6/c1-3-8-25(30(43)34(47)38-22-13-14-22)39-33(46)29-23-12-7-9-20(2)24(23)19-41(29)27(42)18-37-32(45)28(21-10-5-4-6-11-21)40-31(44)26-17-35-15-16-36-26/h7,9,15-17,20-25,28-29H,3-6,8,10-14,18-19H2,1-2H3,(H,37,45)(H,38,47)(H,39,46)(H,40,44)/t20-,23-,24+,25-,28-,29-/m0/s1. The van der Waals surface area contributed by atoms with Gasteiger partial charge in [-0.1, -0.05) is 51.7 Å². The molecule has 47 heavy (non-hydrogen) atoms. The van der Waals surface area contributed by atoms with Crippen LogP contribution in [0.1, 0.15) is 88.5 Å². The molecule has 1 aromatic heterocycles. The molecule has 6 atom stereocenters. The quantitative estimate of drug-likeness (QED) is 0.183. The summed E-state index contributed by atoms with van der Waals surface area (Å²) < 4.78 is 0. The molecule has 0 unspecified atom stereocenters. The fraction of sp³-hybridized carbons (Fsp3) is 0.647. The van der Waals surface area contributed by atoms with E-state index in [4.69, 9.17) is 0 Å². The van der Waals surface area contributed by atoms with Crippen molar-refractivity contribution < 1.29 is 28.8 Å². The Bertz CT molecular complexity index is 1360. The van der Waals surface area contributed by atoms with Crippen LogP contribution in [-0.4, -0.2) is 87.4 Å². The first-order chi connectivity index (χ1) is 22.7. The van der Waals surface area contributed by atoms with Crippen molar-refractivity contribution in [3.05, 3.63) is 36.4 Å². The van der Waals surface area contributed by atoms with Gasteiger partial charge < -0.3 is 26.2 Å². The van der Waals surface area contributed by atoms with Crippen molar-refractivity contribution in [2.45, 2.75) is 102 Å². The van der Waals surface area contributed by atoms with Crippen molar-refractivity contribution in [2.24, 2.45) is 23.7 Å². The summed E-state index contributed by atoms with van der Waals surface area (Å²) in [6, 6.07) is -2.70. The molecular weight excluding hydrogens is 602 g/mol. The van der Waals surface area contributed by atoms with Crippen LogP contribution in [-0.2, 0) is 24.0 Å². The molecule has 5 rings (SSSR count). The van der Waals surface area contributed by atoms with Crippen LogP contribution in [0.25, 0.3) is 0 Å². The third-order valence-corrected chi connectivity index (χ3v) is 10.1. The maximum atomic E-state index is 13.9. The van der Waals surface area contributed by atoms with Gasteiger partial charge in [0.15, 0.2) is 0 Å². The van der Waals surface area contributed by atoms with Gasteiger partial charge in [0, 0.05) is 25.0 Å². The number of Topliss-reactive ketones (excluding diaryl/α,β-unsaturated/α-hetero) is 1. The van der Waals surface area contributed by atoms with E-state index in [2.05, 4.69) is 44.2 Å². The number of carbonyl (C=O) groups excluding carboxylic acids is 6. The lowest BCUT2D eigenvalue weighted by Gasteiger charge is -2.31. The van der Waals surface area contributed by atoms with E-state index in [1.54, 1.807) is 0 Å². The minimum Gasteiger partial charge on any atom is -0.347 e. The van der Waals surface area contributed by atoms with E-state index in [9.17, 15) is 28.8 Å². The zero-order chi connectivity index (χ0) is 33.5. The Balaban J connectivity index is 1.28. The monoisotopic (exact) mass is 649 g/mol. The average Bonchev–Trinajstić information content (AvgIpc) is 3.81. The molecule has 0 aromatic carbocycles. The predicted molar refractivity (Wildman–Crippen MR) is 171 cm³/mol. The number of nitrogens with zero attached hydrogens (tertiary/aromatic N) is 3. The number of amides is 5.